The molecule has 24 heavy (non-hydrogen) atoms. The molecule has 1 aliphatic rings. The molecule has 3 rings (SSSR count). The number of nitrogens with zero attached hydrogens (tertiary/aromatic N) is 3. The third kappa shape index (κ3) is 3.12. The zero-order chi connectivity index (χ0) is 17.3. The number of aromatic nitrogens is 1. The van der Waals surface area contributed by atoms with Crippen molar-refractivity contribution in [1.82, 2.24) is 9.88 Å². The highest BCUT2D eigenvalue weighted by molar-refractivity contribution is 7.29. The van der Waals surface area contributed by atoms with Gasteiger partial charge in [-0.2, -0.15) is 0 Å². The van der Waals surface area contributed by atoms with Gasteiger partial charge in [-0.05, 0) is 39.2 Å². The summed E-state index contributed by atoms with van der Waals surface area (Å²) in [5.41, 5.74) is 0. The Morgan fingerprint density at radius 1 is 1.33 bits per heavy atom. The molecule has 1 fully saturated rings. The first-order valence-electron chi connectivity index (χ1n) is 8.24. The number of fused-ring (bicyclic) bond motifs is 1. The van der Waals surface area contributed by atoms with E-state index in [1.807, 2.05) is 6.07 Å². The lowest BCUT2D eigenvalue weighted by Crippen LogP contribution is -2.47. The smallest absolute Gasteiger partial charge is 0.326 e. The molecule has 2 aromatic heterocycles. The van der Waals surface area contributed by atoms with Crippen LogP contribution in [0.2, 0.25) is 0 Å². The van der Waals surface area contributed by atoms with Gasteiger partial charge in [-0.3, -0.25) is 4.79 Å². The molecule has 3 heterocycles. The van der Waals surface area contributed by atoms with Crippen LogP contribution in [0.15, 0.2) is 6.07 Å². The molecule has 0 aromatic carbocycles. The number of hydrogen-bond acceptors (Lipinski definition) is 6. The number of aliphatic carboxylic acids is 1. The summed E-state index contributed by atoms with van der Waals surface area (Å²) in [5.74, 6) is -1.09. The fraction of sp³-hybridized carbons (Fsp3) is 0.562. The molecule has 0 spiro atoms. The number of carbonyl (C=O) groups excluding carboxylic acids is 1. The monoisotopic (exact) mass is 367 g/mol. The van der Waals surface area contributed by atoms with Crippen LogP contribution in [0.3, 0.4) is 0 Å². The topological polar surface area (TPSA) is 73.7 Å². The molecule has 1 N–H and O–H groups in total. The van der Waals surface area contributed by atoms with E-state index in [-0.39, 0.29) is 5.91 Å². The van der Waals surface area contributed by atoms with Gasteiger partial charge in [-0.25, -0.2) is 9.78 Å². The Labute approximate surface area is 148 Å². The molecule has 1 saturated heterocycles. The lowest BCUT2D eigenvalue weighted by atomic mass is 10.0. The number of thiazole rings is 1. The molecule has 0 aliphatic carbocycles. The van der Waals surface area contributed by atoms with E-state index in [9.17, 15) is 14.7 Å². The molecule has 0 bridgehead atoms. The van der Waals surface area contributed by atoms with Crippen molar-refractivity contribution in [1.29, 1.82) is 0 Å². The summed E-state index contributed by atoms with van der Waals surface area (Å²) in [7, 11) is 0. The third-order valence-corrected chi connectivity index (χ3v) is 6.58. The number of likely N-dealkylation sites (tertiary alicyclic amines) is 1. The molecule has 1 amide bonds. The number of amides is 1. The average molecular weight is 367 g/mol. The molecule has 0 saturated carbocycles. The van der Waals surface area contributed by atoms with E-state index in [1.165, 1.54) is 16.2 Å². The average Bonchev–Trinajstić information content (AvgIpc) is 3.14. The number of carboxylic acids is 1. The van der Waals surface area contributed by atoms with Gasteiger partial charge in [-0.15, -0.1) is 11.3 Å². The van der Waals surface area contributed by atoms with E-state index in [0.717, 1.165) is 40.6 Å². The highest BCUT2D eigenvalue weighted by Crippen LogP contribution is 2.35. The minimum absolute atomic E-state index is 0.179. The molecular weight excluding hydrogens is 346 g/mol. The number of carboxylic acid groups (broad SMARTS) is 1. The molecule has 0 radical (unpaired) electrons. The van der Waals surface area contributed by atoms with Crippen LogP contribution < -0.4 is 4.90 Å². The lowest BCUT2D eigenvalue weighted by Gasteiger charge is -2.32. The largest absolute Gasteiger partial charge is 0.480 e. The Hall–Kier alpha value is -1.67. The first-order valence-corrected chi connectivity index (χ1v) is 9.87. The quantitative estimate of drug-likeness (QED) is 0.878. The van der Waals surface area contributed by atoms with Gasteiger partial charge in [0, 0.05) is 19.6 Å². The summed E-state index contributed by atoms with van der Waals surface area (Å²) in [6.07, 6.45) is 2.25. The van der Waals surface area contributed by atoms with Gasteiger partial charge >= 0.3 is 5.97 Å². The summed E-state index contributed by atoms with van der Waals surface area (Å²) in [5, 5.41) is 10.3. The first-order chi connectivity index (χ1) is 11.5. The minimum atomic E-state index is -0.914. The van der Waals surface area contributed by atoms with E-state index < -0.39 is 12.0 Å². The Morgan fingerprint density at radius 3 is 2.71 bits per heavy atom. The van der Waals surface area contributed by atoms with E-state index in [4.69, 9.17) is 0 Å². The van der Waals surface area contributed by atoms with E-state index in [2.05, 4.69) is 23.7 Å². The molecular formula is C16H21N3O3S2. The molecule has 8 heteroatoms. The van der Waals surface area contributed by atoms with Crippen molar-refractivity contribution in [2.75, 3.05) is 24.5 Å². The molecule has 1 aliphatic heterocycles. The fourth-order valence-electron chi connectivity index (χ4n) is 3.03. The number of carbonyl (C=O) groups is 2. The standard InChI is InChI=1S/C16H21N3O3S2/c1-3-18(4-2)16-17-13-11(24-16)9-12(23-13)14(20)19-8-6-5-7-10(19)15(21)22/h9-10H,3-8H2,1-2H3,(H,21,22). The van der Waals surface area contributed by atoms with Crippen molar-refractivity contribution in [3.63, 3.8) is 0 Å². The number of piperidine rings is 1. The zero-order valence-corrected chi connectivity index (χ0v) is 15.5. The Bertz CT molecular complexity index is 719. The SMILES string of the molecule is CCN(CC)c1nc2sc(C(=O)N3CCCCC3C(=O)O)cc2s1. The fourth-order valence-corrected chi connectivity index (χ4v) is 5.33. The van der Waals surface area contributed by atoms with Crippen LogP contribution in [0.25, 0.3) is 9.53 Å². The maximum Gasteiger partial charge on any atom is 0.326 e. The van der Waals surface area contributed by atoms with Gasteiger partial charge in [0.2, 0.25) is 0 Å². The van der Waals surface area contributed by atoms with Crippen LogP contribution in [0, 0.1) is 0 Å². The Balaban J connectivity index is 1.85. The lowest BCUT2D eigenvalue weighted by molar-refractivity contribution is -0.143. The summed E-state index contributed by atoms with van der Waals surface area (Å²) in [6, 6.07) is 1.16. The van der Waals surface area contributed by atoms with E-state index in [1.54, 1.807) is 11.3 Å². The second-order valence-corrected chi connectivity index (χ2v) is 7.84. The Kier molecular flexibility index (Phi) is 5.05. The van der Waals surface area contributed by atoms with Crippen LogP contribution in [-0.4, -0.2) is 52.5 Å². The maximum absolute atomic E-state index is 12.8. The number of anilines is 1. The van der Waals surface area contributed by atoms with Gasteiger partial charge in [0.15, 0.2) is 5.13 Å². The van der Waals surface area contributed by atoms with E-state index >= 15 is 0 Å². The second-order valence-electron chi connectivity index (χ2n) is 5.80. The minimum Gasteiger partial charge on any atom is -0.480 e. The van der Waals surface area contributed by atoms with Crippen LogP contribution in [0.1, 0.15) is 42.8 Å². The van der Waals surface area contributed by atoms with Gasteiger partial charge in [-0.1, -0.05) is 11.3 Å². The predicted octanol–water partition coefficient (Wildman–Crippen LogP) is 3.28. The molecule has 6 nitrogen and oxygen atoms in total. The predicted molar refractivity (Wildman–Crippen MR) is 97.4 cm³/mol. The van der Waals surface area contributed by atoms with Crippen molar-refractivity contribution >= 4 is 49.2 Å². The maximum atomic E-state index is 12.8. The molecule has 1 atom stereocenters. The van der Waals surface area contributed by atoms with Gasteiger partial charge < -0.3 is 14.9 Å². The van der Waals surface area contributed by atoms with Crippen LogP contribution in [0.5, 0.6) is 0 Å². The zero-order valence-electron chi connectivity index (χ0n) is 13.8. The summed E-state index contributed by atoms with van der Waals surface area (Å²) >= 11 is 2.95. The molecule has 2 aromatic rings. The number of thiophene rings is 1. The summed E-state index contributed by atoms with van der Waals surface area (Å²) in [6.45, 7) is 6.50. The Morgan fingerprint density at radius 2 is 2.08 bits per heavy atom. The van der Waals surface area contributed by atoms with Crippen molar-refractivity contribution in [3.05, 3.63) is 10.9 Å². The number of hydrogen-bond donors (Lipinski definition) is 1. The molecule has 1 unspecified atom stereocenters. The first kappa shape index (κ1) is 17.2. The highest BCUT2D eigenvalue weighted by atomic mass is 32.1. The summed E-state index contributed by atoms with van der Waals surface area (Å²) < 4.78 is 0.995. The van der Waals surface area contributed by atoms with Crippen molar-refractivity contribution < 1.29 is 14.7 Å². The van der Waals surface area contributed by atoms with Crippen molar-refractivity contribution in [2.24, 2.45) is 0 Å². The third-order valence-electron chi connectivity index (χ3n) is 4.37. The van der Waals surface area contributed by atoms with Gasteiger partial charge in [0.1, 0.15) is 10.9 Å². The van der Waals surface area contributed by atoms with Crippen molar-refractivity contribution in [2.45, 2.75) is 39.2 Å². The highest BCUT2D eigenvalue weighted by Gasteiger charge is 2.33. The normalized spacial score (nSPS) is 18.1. The van der Waals surface area contributed by atoms with Crippen LogP contribution in [0.4, 0.5) is 5.13 Å². The second kappa shape index (κ2) is 7.06. The van der Waals surface area contributed by atoms with Crippen LogP contribution >= 0.6 is 22.7 Å². The van der Waals surface area contributed by atoms with E-state index in [0.29, 0.717) is 17.8 Å². The summed E-state index contributed by atoms with van der Waals surface area (Å²) in [4.78, 5) is 33.9. The van der Waals surface area contributed by atoms with Crippen LogP contribution in [-0.2, 0) is 4.79 Å². The van der Waals surface area contributed by atoms with Gasteiger partial charge in [0.25, 0.3) is 5.91 Å². The molecule has 130 valence electrons. The number of rotatable bonds is 5. The van der Waals surface area contributed by atoms with Gasteiger partial charge in [0.05, 0.1) is 9.58 Å². The van der Waals surface area contributed by atoms with Crippen molar-refractivity contribution in [3.8, 4) is 0 Å².